The van der Waals surface area contributed by atoms with E-state index in [1.165, 1.54) is 6.42 Å². The first-order valence-electron chi connectivity index (χ1n) is 7.38. The Morgan fingerprint density at radius 1 is 1.20 bits per heavy atom. The highest BCUT2D eigenvalue weighted by molar-refractivity contribution is 5.77. The number of anilines is 1. The fourth-order valence-electron chi connectivity index (χ4n) is 2.60. The molecule has 110 valence electrons. The summed E-state index contributed by atoms with van der Waals surface area (Å²) < 4.78 is 0. The van der Waals surface area contributed by atoms with E-state index in [2.05, 4.69) is 0 Å². The van der Waals surface area contributed by atoms with Crippen LogP contribution in [0.2, 0.25) is 0 Å². The predicted octanol–water partition coefficient (Wildman–Crippen LogP) is 2.15. The molecule has 0 radical (unpaired) electrons. The molecule has 20 heavy (non-hydrogen) atoms. The molecule has 0 spiro atoms. The maximum absolute atomic E-state index is 12.2. The Morgan fingerprint density at radius 3 is 2.35 bits per heavy atom. The zero-order chi connectivity index (χ0) is 14.5. The highest BCUT2D eigenvalue weighted by Crippen LogP contribution is 2.20. The van der Waals surface area contributed by atoms with Crippen molar-refractivity contribution in [1.82, 2.24) is 4.90 Å². The Bertz CT molecular complexity index is 436. The van der Waals surface area contributed by atoms with Gasteiger partial charge in [-0.15, -0.1) is 0 Å². The van der Waals surface area contributed by atoms with Gasteiger partial charge in [-0.2, -0.15) is 0 Å². The van der Waals surface area contributed by atoms with Crippen molar-refractivity contribution in [2.24, 2.45) is 5.73 Å². The molecule has 2 N–H and O–H groups in total. The van der Waals surface area contributed by atoms with Gasteiger partial charge in [0.05, 0.1) is 0 Å². The van der Waals surface area contributed by atoms with Crippen LogP contribution in [0.15, 0.2) is 24.3 Å². The van der Waals surface area contributed by atoms with Crippen molar-refractivity contribution in [1.29, 1.82) is 0 Å². The van der Waals surface area contributed by atoms with E-state index >= 15 is 0 Å². The number of likely N-dealkylation sites (tertiary alicyclic amines) is 1. The summed E-state index contributed by atoms with van der Waals surface area (Å²) >= 11 is 0. The number of hydrogen-bond donors (Lipinski definition) is 1. The van der Waals surface area contributed by atoms with Gasteiger partial charge < -0.3 is 15.5 Å². The molecule has 0 bridgehead atoms. The average Bonchev–Trinajstić information content (AvgIpc) is 2.48. The maximum Gasteiger partial charge on any atom is 0.224 e. The van der Waals surface area contributed by atoms with Crippen molar-refractivity contribution in [3.63, 3.8) is 0 Å². The van der Waals surface area contributed by atoms with E-state index in [0.717, 1.165) is 37.2 Å². The smallest absolute Gasteiger partial charge is 0.224 e. The number of carbonyl (C=O) groups excluding carboxylic acids is 1. The molecule has 1 amide bonds. The fourth-order valence-corrected chi connectivity index (χ4v) is 2.60. The molecule has 1 saturated heterocycles. The van der Waals surface area contributed by atoms with E-state index in [1.807, 2.05) is 48.2 Å². The molecule has 2 rings (SSSR count). The van der Waals surface area contributed by atoms with E-state index in [0.29, 0.717) is 6.42 Å². The lowest BCUT2D eigenvalue weighted by Crippen LogP contribution is -2.37. The van der Waals surface area contributed by atoms with Crippen LogP contribution in [0, 0.1) is 0 Å². The van der Waals surface area contributed by atoms with Crippen molar-refractivity contribution in [3.05, 3.63) is 29.8 Å². The lowest BCUT2D eigenvalue weighted by Gasteiger charge is -2.28. The van der Waals surface area contributed by atoms with E-state index < -0.39 is 0 Å². The topological polar surface area (TPSA) is 49.6 Å². The highest BCUT2D eigenvalue weighted by Gasteiger charge is 2.19. The summed E-state index contributed by atoms with van der Waals surface area (Å²) in [6.07, 6.45) is 3.89. The van der Waals surface area contributed by atoms with Crippen molar-refractivity contribution in [3.8, 4) is 0 Å². The second-order valence-corrected chi connectivity index (χ2v) is 5.74. The van der Waals surface area contributed by atoms with Gasteiger partial charge in [0.25, 0.3) is 0 Å². The van der Waals surface area contributed by atoms with Crippen LogP contribution < -0.4 is 10.6 Å². The minimum Gasteiger partial charge on any atom is -0.378 e. The number of nitrogens with two attached hydrogens (primary N) is 1. The van der Waals surface area contributed by atoms with Crippen LogP contribution >= 0.6 is 0 Å². The first kappa shape index (κ1) is 14.9. The second-order valence-electron chi connectivity index (χ2n) is 5.74. The fraction of sp³-hybridized carbons (Fsp3) is 0.562. The first-order chi connectivity index (χ1) is 9.58. The third kappa shape index (κ3) is 3.73. The molecule has 1 unspecified atom stereocenters. The molecule has 1 atom stereocenters. The summed E-state index contributed by atoms with van der Waals surface area (Å²) in [5.74, 6) is 0.189. The molecule has 0 saturated carbocycles. The van der Waals surface area contributed by atoms with Gasteiger partial charge in [-0.05, 0) is 37.0 Å². The van der Waals surface area contributed by atoms with Crippen molar-refractivity contribution in [2.45, 2.75) is 31.7 Å². The Balaban J connectivity index is 1.93. The number of rotatable bonds is 4. The quantitative estimate of drug-likeness (QED) is 0.916. The standard InChI is InChI=1S/C16H25N3O/c1-18(2)14-8-6-13(7-9-14)15(17)12-16(20)19-10-4-3-5-11-19/h6-9,15H,3-5,10-12,17H2,1-2H3. The van der Waals surface area contributed by atoms with E-state index in [-0.39, 0.29) is 11.9 Å². The molecule has 1 aromatic carbocycles. The van der Waals surface area contributed by atoms with Crippen molar-refractivity contribution < 1.29 is 4.79 Å². The predicted molar refractivity (Wildman–Crippen MR) is 82.7 cm³/mol. The SMILES string of the molecule is CN(C)c1ccc(C(N)CC(=O)N2CCCCC2)cc1. The minimum absolute atomic E-state index is 0.189. The maximum atomic E-state index is 12.2. The molecule has 1 fully saturated rings. The lowest BCUT2D eigenvalue weighted by atomic mass is 10.0. The third-order valence-corrected chi connectivity index (χ3v) is 3.94. The molecule has 1 aliphatic heterocycles. The van der Waals surface area contributed by atoms with Gasteiger partial charge in [-0.25, -0.2) is 0 Å². The summed E-state index contributed by atoms with van der Waals surface area (Å²) in [6, 6.07) is 7.91. The van der Waals surface area contributed by atoms with Crippen LogP contribution in [0.3, 0.4) is 0 Å². The zero-order valence-electron chi connectivity index (χ0n) is 12.5. The summed E-state index contributed by atoms with van der Waals surface area (Å²) in [7, 11) is 4.02. The van der Waals surface area contributed by atoms with Gasteiger partial charge in [-0.1, -0.05) is 12.1 Å². The second kappa shape index (κ2) is 6.75. The van der Waals surface area contributed by atoms with Crippen LogP contribution in [0.25, 0.3) is 0 Å². The van der Waals surface area contributed by atoms with Crippen LogP contribution in [0.4, 0.5) is 5.69 Å². The summed E-state index contributed by atoms with van der Waals surface area (Å²) in [5.41, 5.74) is 8.34. The number of benzene rings is 1. The molecule has 0 aromatic heterocycles. The van der Waals surface area contributed by atoms with Crippen LogP contribution in [0.1, 0.15) is 37.3 Å². The molecular formula is C16H25N3O. The Hall–Kier alpha value is -1.55. The number of nitrogens with zero attached hydrogens (tertiary/aromatic N) is 2. The van der Waals surface area contributed by atoms with Gasteiger partial charge >= 0.3 is 0 Å². The largest absolute Gasteiger partial charge is 0.378 e. The molecule has 1 aliphatic rings. The lowest BCUT2D eigenvalue weighted by molar-refractivity contribution is -0.132. The molecular weight excluding hydrogens is 250 g/mol. The number of hydrogen-bond acceptors (Lipinski definition) is 3. The van der Waals surface area contributed by atoms with Gasteiger partial charge in [-0.3, -0.25) is 4.79 Å². The number of amides is 1. The van der Waals surface area contributed by atoms with Gasteiger partial charge in [0.1, 0.15) is 0 Å². The third-order valence-electron chi connectivity index (χ3n) is 3.94. The summed E-state index contributed by atoms with van der Waals surface area (Å²) in [4.78, 5) is 16.2. The molecule has 1 heterocycles. The Morgan fingerprint density at radius 2 is 1.80 bits per heavy atom. The summed E-state index contributed by atoms with van der Waals surface area (Å²) in [6.45, 7) is 1.79. The van der Waals surface area contributed by atoms with Crippen LogP contribution in [-0.4, -0.2) is 38.0 Å². The zero-order valence-corrected chi connectivity index (χ0v) is 12.5. The van der Waals surface area contributed by atoms with Crippen molar-refractivity contribution in [2.75, 3.05) is 32.1 Å². The van der Waals surface area contributed by atoms with Gasteiger partial charge in [0.2, 0.25) is 5.91 Å². The van der Waals surface area contributed by atoms with Crippen LogP contribution in [0.5, 0.6) is 0 Å². The molecule has 4 heteroatoms. The Kier molecular flexibility index (Phi) is 5.01. The molecule has 0 aliphatic carbocycles. The number of carbonyl (C=O) groups is 1. The van der Waals surface area contributed by atoms with E-state index in [9.17, 15) is 4.79 Å². The highest BCUT2D eigenvalue weighted by atomic mass is 16.2. The van der Waals surface area contributed by atoms with Gasteiger partial charge in [0.15, 0.2) is 0 Å². The molecule has 1 aromatic rings. The number of piperidine rings is 1. The Labute approximate surface area is 121 Å². The average molecular weight is 275 g/mol. The van der Waals surface area contributed by atoms with Crippen LogP contribution in [-0.2, 0) is 4.79 Å². The monoisotopic (exact) mass is 275 g/mol. The van der Waals surface area contributed by atoms with E-state index in [1.54, 1.807) is 0 Å². The molecule has 4 nitrogen and oxygen atoms in total. The normalized spacial score (nSPS) is 16.9. The first-order valence-corrected chi connectivity index (χ1v) is 7.38. The summed E-state index contributed by atoms with van der Waals surface area (Å²) in [5, 5.41) is 0. The van der Waals surface area contributed by atoms with Crippen molar-refractivity contribution >= 4 is 11.6 Å². The van der Waals surface area contributed by atoms with E-state index in [4.69, 9.17) is 5.73 Å². The minimum atomic E-state index is -0.208. The van der Waals surface area contributed by atoms with Gasteiger partial charge in [0, 0.05) is 45.3 Å².